The summed E-state index contributed by atoms with van der Waals surface area (Å²) in [6, 6.07) is 3.78. The van der Waals surface area contributed by atoms with Gasteiger partial charge in [0.05, 0.1) is 13.2 Å². The lowest BCUT2D eigenvalue weighted by atomic mass is 9.85. The smallest absolute Gasteiger partial charge is 0.227 e. The van der Waals surface area contributed by atoms with Crippen LogP contribution in [0.15, 0.2) is 12.1 Å². The summed E-state index contributed by atoms with van der Waals surface area (Å²) in [5.41, 5.74) is 1.76. The van der Waals surface area contributed by atoms with Gasteiger partial charge in [-0.25, -0.2) is 0 Å². The number of amides is 1. The minimum Gasteiger partial charge on any atom is -0.490 e. The Bertz CT molecular complexity index is 481. The predicted molar refractivity (Wildman–Crippen MR) is 79.5 cm³/mol. The van der Waals surface area contributed by atoms with E-state index in [4.69, 9.17) is 9.47 Å². The number of anilines is 1. The van der Waals surface area contributed by atoms with Crippen LogP contribution in [0.2, 0.25) is 0 Å². The maximum atomic E-state index is 12.0. The fourth-order valence-electron chi connectivity index (χ4n) is 2.32. The van der Waals surface area contributed by atoms with Crippen molar-refractivity contribution in [3.05, 3.63) is 17.7 Å². The van der Waals surface area contributed by atoms with E-state index < -0.39 is 0 Å². The lowest BCUT2D eigenvalue weighted by molar-refractivity contribution is -0.122. The first-order chi connectivity index (χ1) is 9.65. The summed E-state index contributed by atoms with van der Waals surface area (Å²) < 4.78 is 11.2. The summed E-state index contributed by atoms with van der Waals surface area (Å²) >= 11 is 0. The van der Waals surface area contributed by atoms with Gasteiger partial charge in [0.25, 0.3) is 0 Å². The van der Waals surface area contributed by atoms with E-state index in [2.05, 4.69) is 5.32 Å². The molecule has 4 heteroatoms. The van der Waals surface area contributed by atoms with E-state index >= 15 is 0 Å². The molecule has 0 spiro atoms. The molecular formula is C16H23NO3. The summed E-state index contributed by atoms with van der Waals surface area (Å²) in [5.74, 6) is 1.74. The molecule has 1 aromatic rings. The van der Waals surface area contributed by atoms with Crippen molar-refractivity contribution >= 4 is 11.6 Å². The van der Waals surface area contributed by atoms with Gasteiger partial charge in [-0.3, -0.25) is 4.79 Å². The van der Waals surface area contributed by atoms with Crippen molar-refractivity contribution in [3.63, 3.8) is 0 Å². The fraction of sp³-hybridized carbons (Fsp3) is 0.562. The zero-order valence-electron chi connectivity index (χ0n) is 12.5. The lowest BCUT2D eigenvalue weighted by Gasteiger charge is -2.24. The second kappa shape index (κ2) is 6.64. The first kappa shape index (κ1) is 14.7. The van der Waals surface area contributed by atoms with Crippen LogP contribution in [0.3, 0.4) is 0 Å². The third-order valence-electron chi connectivity index (χ3n) is 3.57. The minimum atomic E-state index is 0.113. The van der Waals surface area contributed by atoms with Crippen LogP contribution in [-0.4, -0.2) is 19.1 Å². The molecule has 0 atom stereocenters. The largest absolute Gasteiger partial charge is 0.490 e. The molecule has 0 heterocycles. The molecule has 1 amide bonds. The van der Waals surface area contributed by atoms with Crippen LogP contribution in [0.25, 0.3) is 0 Å². The molecule has 0 unspecified atom stereocenters. The molecule has 0 aromatic heterocycles. The van der Waals surface area contributed by atoms with Crippen LogP contribution < -0.4 is 14.8 Å². The molecule has 20 heavy (non-hydrogen) atoms. The van der Waals surface area contributed by atoms with Crippen molar-refractivity contribution in [2.24, 2.45) is 5.92 Å². The lowest BCUT2D eigenvalue weighted by Crippen LogP contribution is -2.28. The molecule has 4 nitrogen and oxygen atoms in total. The zero-order valence-corrected chi connectivity index (χ0v) is 12.5. The number of carbonyl (C=O) groups is 1. The number of nitrogens with one attached hydrogen (secondary N) is 1. The molecule has 1 fully saturated rings. The van der Waals surface area contributed by atoms with E-state index in [9.17, 15) is 4.79 Å². The van der Waals surface area contributed by atoms with Crippen molar-refractivity contribution in [2.75, 3.05) is 18.5 Å². The SMILES string of the molecule is CCOc1cc(NC(=O)C2CCC2)cc(C)c1OCC. The summed E-state index contributed by atoms with van der Waals surface area (Å²) in [6.45, 7) is 7.01. The summed E-state index contributed by atoms with van der Waals surface area (Å²) in [4.78, 5) is 12.0. The average molecular weight is 277 g/mol. The van der Waals surface area contributed by atoms with Gasteiger partial charge in [0, 0.05) is 17.7 Å². The van der Waals surface area contributed by atoms with E-state index in [1.807, 2.05) is 32.9 Å². The zero-order chi connectivity index (χ0) is 14.5. The Kier molecular flexibility index (Phi) is 4.88. The van der Waals surface area contributed by atoms with Gasteiger partial charge in [0.2, 0.25) is 5.91 Å². The molecule has 1 aliphatic carbocycles. The second-order valence-electron chi connectivity index (χ2n) is 5.10. The van der Waals surface area contributed by atoms with E-state index in [0.29, 0.717) is 19.0 Å². The highest BCUT2D eigenvalue weighted by Crippen LogP contribution is 2.35. The monoisotopic (exact) mass is 277 g/mol. The standard InChI is InChI=1S/C16H23NO3/c1-4-19-14-10-13(9-11(3)15(14)20-5-2)17-16(18)12-7-6-8-12/h9-10,12H,4-8H2,1-3H3,(H,17,18). The van der Waals surface area contributed by atoms with Crippen molar-refractivity contribution in [3.8, 4) is 11.5 Å². The highest BCUT2D eigenvalue weighted by atomic mass is 16.5. The number of hydrogen-bond acceptors (Lipinski definition) is 3. The Morgan fingerprint density at radius 3 is 2.50 bits per heavy atom. The Morgan fingerprint density at radius 2 is 1.95 bits per heavy atom. The highest BCUT2D eigenvalue weighted by molar-refractivity contribution is 5.93. The van der Waals surface area contributed by atoms with Gasteiger partial charge in [-0.15, -0.1) is 0 Å². The van der Waals surface area contributed by atoms with Crippen LogP contribution in [0.1, 0.15) is 38.7 Å². The number of carbonyl (C=O) groups excluding carboxylic acids is 1. The third kappa shape index (κ3) is 3.24. The van der Waals surface area contributed by atoms with Gasteiger partial charge in [-0.2, -0.15) is 0 Å². The van der Waals surface area contributed by atoms with E-state index in [0.717, 1.165) is 36.3 Å². The van der Waals surface area contributed by atoms with E-state index in [1.54, 1.807) is 0 Å². The molecule has 2 rings (SSSR count). The summed E-state index contributed by atoms with van der Waals surface area (Å²) in [6.07, 6.45) is 3.16. The molecule has 0 saturated heterocycles. The number of rotatable bonds is 6. The van der Waals surface area contributed by atoms with Crippen molar-refractivity contribution in [2.45, 2.75) is 40.0 Å². The maximum absolute atomic E-state index is 12.0. The molecule has 0 radical (unpaired) electrons. The van der Waals surface area contributed by atoms with Crippen LogP contribution >= 0.6 is 0 Å². The minimum absolute atomic E-state index is 0.113. The van der Waals surface area contributed by atoms with Crippen molar-refractivity contribution < 1.29 is 14.3 Å². The predicted octanol–water partition coefficient (Wildman–Crippen LogP) is 3.53. The molecule has 1 N–H and O–H groups in total. The quantitative estimate of drug-likeness (QED) is 0.865. The number of benzene rings is 1. The first-order valence-corrected chi connectivity index (χ1v) is 7.36. The van der Waals surface area contributed by atoms with Gasteiger partial charge < -0.3 is 14.8 Å². The molecule has 0 bridgehead atoms. The van der Waals surface area contributed by atoms with Gasteiger partial charge in [0.1, 0.15) is 0 Å². The van der Waals surface area contributed by atoms with Gasteiger partial charge >= 0.3 is 0 Å². The molecule has 1 saturated carbocycles. The van der Waals surface area contributed by atoms with Crippen LogP contribution in [0.4, 0.5) is 5.69 Å². The van der Waals surface area contributed by atoms with E-state index in [1.165, 1.54) is 0 Å². The second-order valence-corrected chi connectivity index (χ2v) is 5.10. The van der Waals surface area contributed by atoms with Crippen molar-refractivity contribution in [1.82, 2.24) is 0 Å². The Balaban J connectivity index is 2.18. The molecular weight excluding hydrogens is 254 g/mol. The Labute approximate surface area is 120 Å². The molecule has 0 aliphatic heterocycles. The molecule has 1 aliphatic rings. The van der Waals surface area contributed by atoms with Crippen molar-refractivity contribution in [1.29, 1.82) is 0 Å². The fourth-order valence-corrected chi connectivity index (χ4v) is 2.32. The number of ether oxygens (including phenoxy) is 2. The Hall–Kier alpha value is -1.71. The van der Waals surface area contributed by atoms with Crippen LogP contribution in [-0.2, 0) is 4.79 Å². The summed E-state index contributed by atoms with van der Waals surface area (Å²) in [7, 11) is 0. The first-order valence-electron chi connectivity index (χ1n) is 7.36. The Morgan fingerprint density at radius 1 is 1.25 bits per heavy atom. The van der Waals surface area contributed by atoms with Gasteiger partial charge in [-0.1, -0.05) is 6.42 Å². The van der Waals surface area contributed by atoms with Crippen LogP contribution in [0.5, 0.6) is 11.5 Å². The maximum Gasteiger partial charge on any atom is 0.227 e. The number of aryl methyl sites for hydroxylation is 1. The highest BCUT2D eigenvalue weighted by Gasteiger charge is 2.25. The third-order valence-corrected chi connectivity index (χ3v) is 3.57. The average Bonchev–Trinajstić information content (AvgIpc) is 2.31. The topological polar surface area (TPSA) is 47.6 Å². The van der Waals surface area contributed by atoms with Gasteiger partial charge in [0.15, 0.2) is 11.5 Å². The number of hydrogen-bond donors (Lipinski definition) is 1. The van der Waals surface area contributed by atoms with E-state index in [-0.39, 0.29) is 11.8 Å². The van der Waals surface area contributed by atoms with Crippen LogP contribution in [0, 0.1) is 12.8 Å². The molecule has 1 aromatic carbocycles. The van der Waals surface area contributed by atoms with Gasteiger partial charge in [-0.05, 0) is 45.2 Å². The normalized spacial score (nSPS) is 14.6. The summed E-state index contributed by atoms with van der Waals surface area (Å²) in [5, 5.41) is 2.98. The molecule has 110 valence electrons.